The lowest BCUT2D eigenvalue weighted by Crippen LogP contribution is -2.38. The van der Waals surface area contributed by atoms with Gasteiger partial charge in [0.15, 0.2) is 0 Å². The second-order valence-electron chi connectivity index (χ2n) is 7.61. The zero-order chi connectivity index (χ0) is 20.5. The van der Waals surface area contributed by atoms with Crippen LogP contribution in [-0.4, -0.2) is 53.2 Å². The van der Waals surface area contributed by atoms with Crippen LogP contribution in [0.2, 0.25) is 0 Å². The van der Waals surface area contributed by atoms with Gasteiger partial charge in [0.25, 0.3) is 0 Å². The lowest BCUT2D eigenvalue weighted by Gasteiger charge is -2.25. The topological polar surface area (TPSA) is 81.7 Å². The van der Waals surface area contributed by atoms with Crippen LogP contribution in [0.5, 0.6) is 0 Å². The first-order valence-corrected chi connectivity index (χ1v) is 10.2. The SMILES string of the molecule is CC(C(=O)N1CCc2nnc(Cc3cccnc3)n2CC1)n1cnc2ccccc21. The Labute approximate surface area is 174 Å². The van der Waals surface area contributed by atoms with Crippen LogP contribution in [-0.2, 0) is 24.2 Å². The molecule has 1 aromatic carbocycles. The molecule has 0 bridgehead atoms. The number of pyridine rings is 1. The summed E-state index contributed by atoms with van der Waals surface area (Å²) in [6, 6.07) is 11.6. The highest BCUT2D eigenvalue weighted by molar-refractivity contribution is 5.83. The zero-order valence-electron chi connectivity index (χ0n) is 16.8. The maximum absolute atomic E-state index is 13.3. The van der Waals surface area contributed by atoms with Gasteiger partial charge < -0.3 is 14.0 Å². The average Bonchev–Trinajstić information content (AvgIpc) is 3.31. The summed E-state index contributed by atoms with van der Waals surface area (Å²) < 4.78 is 4.11. The van der Waals surface area contributed by atoms with E-state index in [0.29, 0.717) is 32.5 Å². The van der Waals surface area contributed by atoms with Crippen molar-refractivity contribution in [1.82, 2.24) is 34.2 Å². The highest BCUT2D eigenvalue weighted by atomic mass is 16.2. The molecule has 152 valence electrons. The molecular formula is C22H23N7O. The minimum absolute atomic E-state index is 0.102. The molecule has 0 saturated heterocycles. The summed E-state index contributed by atoms with van der Waals surface area (Å²) in [6.45, 7) is 3.91. The van der Waals surface area contributed by atoms with Crippen molar-refractivity contribution >= 4 is 16.9 Å². The molecule has 0 saturated carbocycles. The van der Waals surface area contributed by atoms with Crippen LogP contribution in [0.1, 0.15) is 30.2 Å². The monoisotopic (exact) mass is 401 g/mol. The van der Waals surface area contributed by atoms with Crippen molar-refractivity contribution in [2.45, 2.75) is 32.4 Å². The molecule has 3 aromatic heterocycles. The Hall–Kier alpha value is -3.55. The number of amides is 1. The van der Waals surface area contributed by atoms with Gasteiger partial charge in [-0.15, -0.1) is 10.2 Å². The molecule has 0 aliphatic carbocycles. The summed E-state index contributed by atoms with van der Waals surface area (Å²) in [7, 11) is 0. The van der Waals surface area contributed by atoms with E-state index in [2.05, 4.69) is 24.7 Å². The summed E-state index contributed by atoms with van der Waals surface area (Å²) in [4.78, 5) is 23.8. The number of hydrogen-bond acceptors (Lipinski definition) is 5. The number of carbonyl (C=O) groups is 1. The molecule has 5 rings (SSSR count). The highest BCUT2D eigenvalue weighted by Gasteiger charge is 2.26. The number of imidazole rings is 1. The first-order valence-electron chi connectivity index (χ1n) is 10.2. The Morgan fingerprint density at radius 1 is 1.10 bits per heavy atom. The van der Waals surface area contributed by atoms with Gasteiger partial charge in [-0.3, -0.25) is 9.78 Å². The molecule has 1 amide bonds. The summed E-state index contributed by atoms with van der Waals surface area (Å²) in [5.74, 6) is 1.96. The molecule has 0 spiro atoms. The number of fused-ring (bicyclic) bond motifs is 2. The summed E-state index contributed by atoms with van der Waals surface area (Å²) in [5, 5.41) is 8.77. The molecule has 1 atom stereocenters. The molecule has 8 heteroatoms. The molecule has 4 aromatic rings. The van der Waals surface area contributed by atoms with E-state index in [1.54, 1.807) is 12.5 Å². The van der Waals surface area contributed by atoms with E-state index in [0.717, 1.165) is 28.2 Å². The summed E-state index contributed by atoms with van der Waals surface area (Å²) >= 11 is 0. The largest absolute Gasteiger partial charge is 0.339 e. The summed E-state index contributed by atoms with van der Waals surface area (Å²) in [6.07, 6.45) is 6.76. The van der Waals surface area contributed by atoms with Crippen LogP contribution in [0.15, 0.2) is 55.1 Å². The van der Waals surface area contributed by atoms with E-state index in [1.165, 1.54) is 0 Å². The molecule has 4 heterocycles. The number of nitrogens with zero attached hydrogens (tertiary/aromatic N) is 7. The Morgan fingerprint density at radius 2 is 2.00 bits per heavy atom. The Bertz CT molecular complexity index is 1180. The quantitative estimate of drug-likeness (QED) is 0.524. The predicted molar refractivity (Wildman–Crippen MR) is 112 cm³/mol. The maximum atomic E-state index is 13.3. The second kappa shape index (κ2) is 7.70. The number of aromatic nitrogens is 6. The fourth-order valence-corrected chi connectivity index (χ4v) is 4.09. The van der Waals surface area contributed by atoms with Crippen LogP contribution >= 0.6 is 0 Å². The fraction of sp³-hybridized carbons (Fsp3) is 0.318. The Balaban J connectivity index is 1.32. The van der Waals surface area contributed by atoms with Crippen LogP contribution in [0.4, 0.5) is 0 Å². The number of carbonyl (C=O) groups excluding carboxylic acids is 1. The first-order chi connectivity index (χ1) is 14.7. The van der Waals surface area contributed by atoms with Gasteiger partial charge in [-0.2, -0.15) is 0 Å². The lowest BCUT2D eigenvalue weighted by molar-refractivity contribution is -0.134. The van der Waals surface area contributed by atoms with Crippen molar-refractivity contribution < 1.29 is 4.79 Å². The third kappa shape index (κ3) is 3.34. The third-order valence-electron chi connectivity index (χ3n) is 5.76. The van der Waals surface area contributed by atoms with Crippen molar-refractivity contribution in [3.63, 3.8) is 0 Å². The second-order valence-corrected chi connectivity index (χ2v) is 7.61. The Morgan fingerprint density at radius 3 is 2.87 bits per heavy atom. The fourth-order valence-electron chi connectivity index (χ4n) is 4.09. The van der Waals surface area contributed by atoms with E-state index in [4.69, 9.17) is 0 Å². The number of para-hydroxylation sites is 2. The smallest absolute Gasteiger partial charge is 0.245 e. The molecule has 8 nitrogen and oxygen atoms in total. The molecule has 1 unspecified atom stereocenters. The van der Waals surface area contributed by atoms with Crippen molar-refractivity contribution in [2.24, 2.45) is 0 Å². The maximum Gasteiger partial charge on any atom is 0.245 e. The normalized spacial score (nSPS) is 15.0. The van der Waals surface area contributed by atoms with Crippen LogP contribution in [0, 0.1) is 0 Å². The van der Waals surface area contributed by atoms with Gasteiger partial charge in [-0.25, -0.2) is 4.98 Å². The minimum atomic E-state index is -0.309. The number of benzene rings is 1. The van der Waals surface area contributed by atoms with Gasteiger partial charge in [-0.05, 0) is 30.7 Å². The van der Waals surface area contributed by atoms with Gasteiger partial charge in [-0.1, -0.05) is 18.2 Å². The van der Waals surface area contributed by atoms with Crippen LogP contribution in [0.3, 0.4) is 0 Å². The zero-order valence-corrected chi connectivity index (χ0v) is 16.8. The standard InChI is InChI=1S/C22H23N7O/c1-16(29-15-24-18-6-2-3-7-19(18)29)22(30)27-10-8-20-25-26-21(28(20)12-11-27)13-17-5-4-9-23-14-17/h2-7,9,14-16H,8,10-13H2,1H3. The van der Waals surface area contributed by atoms with Gasteiger partial charge in [0, 0.05) is 44.9 Å². The van der Waals surface area contributed by atoms with Crippen molar-refractivity contribution in [3.8, 4) is 0 Å². The molecule has 1 aliphatic heterocycles. The van der Waals surface area contributed by atoms with E-state index in [9.17, 15) is 4.79 Å². The first kappa shape index (κ1) is 18.5. The molecule has 0 N–H and O–H groups in total. The van der Waals surface area contributed by atoms with E-state index in [-0.39, 0.29) is 11.9 Å². The van der Waals surface area contributed by atoms with E-state index in [1.807, 2.05) is 59.0 Å². The summed E-state index contributed by atoms with van der Waals surface area (Å²) in [5.41, 5.74) is 2.98. The lowest BCUT2D eigenvalue weighted by atomic mass is 10.2. The number of hydrogen-bond donors (Lipinski definition) is 0. The van der Waals surface area contributed by atoms with Crippen LogP contribution in [0.25, 0.3) is 11.0 Å². The third-order valence-corrected chi connectivity index (χ3v) is 5.76. The van der Waals surface area contributed by atoms with Gasteiger partial charge in [0.2, 0.25) is 5.91 Å². The van der Waals surface area contributed by atoms with Crippen molar-refractivity contribution in [2.75, 3.05) is 13.1 Å². The molecular weight excluding hydrogens is 378 g/mol. The molecule has 30 heavy (non-hydrogen) atoms. The Kier molecular flexibility index (Phi) is 4.74. The molecule has 0 radical (unpaired) electrons. The highest BCUT2D eigenvalue weighted by Crippen LogP contribution is 2.20. The van der Waals surface area contributed by atoms with Gasteiger partial charge in [0.1, 0.15) is 17.7 Å². The van der Waals surface area contributed by atoms with Gasteiger partial charge >= 0.3 is 0 Å². The molecule has 0 fully saturated rings. The van der Waals surface area contributed by atoms with E-state index >= 15 is 0 Å². The van der Waals surface area contributed by atoms with Crippen LogP contribution < -0.4 is 0 Å². The van der Waals surface area contributed by atoms with Crippen molar-refractivity contribution in [1.29, 1.82) is 0 Å². The molecule has 1 aliphatic rings. The number of rotatable bonds is 4. The van der Waals surface area contributed by atoms with E-state index < -0.39 is 0 Å². The van der Waals surface area contributed by atoms with Gasteiger partial charge in [0.05, 0.1) is 17.4 Å². The average molecular weight is 401 g/mol. The van der Waals surface area contributed by atoms with Crippen molar-refractivity contribution in [3.05, 3.63) is 72.3 Å². The predicted octanol–water partition coefficient (Wildman–Crippen LogP) is 2.26. The minimum Gasteiger partial charge on any atom is -0.339 e.